The van der Waals surface area contributed by atoms with Gasteiger partial charge in [0.25, 0.3) is 0 Å². The van der Waals surface area contributed by atoms with Gasteiger partial charge in [0.15, 0.2) is 5.69 Å². The molecule has 172 valence electrons. The van der Waals surface area contributed by atoms with Crippen molar-refractivity contribution in [1.29, 1.82) is 0 Å². The van der Waals surface area contributed by atoms with Gasteiger partial charge in [-0.2, -0.15) is 0 Å². The number of aromatic nitrogens is 3. The first-order valence-electron chi connectivity index (χ1n) is 10.4. The molecule has 1 fully saturated rings. The molecule has 2 unspecified atom stereocenters. The van der Waals surface area contributed by atoms with E-state index in [1.165, 1.54) is 22.8 Å². The third-order valence-corrected chi connectivity index (χ3v) is 5.53. The molecule has 0 radical (unpaired) electrons. The van der Waals surface area contributed by atoms with Gasteiger partial charge in [0.1, 0.15) is 17.8 Å². The van der Waals surface area contributed by atoms with E-state index < -0.39 is 23.6 Å². The van der Waals surface area contributed by atoms with Crippen LogP contribution in [0, 0.1) is 5.41 Å². The second kappa shape index (κ2) is 9.07. The minimum Gasteiger partial charge on any atom is -0.497 e. The number of nitrogens with one attached hydrogen (secondary N) is 1. The Morgan fingerprint density at radius 2 is 1.88 bits per heavy atom. The van der Waals surface area contributed by atoms with Crippen molar-refractivity contribution >= 4 is 17.6 Å². The number of carbonyl (C=O) groups is 3. The summed E-state index contributed by atoms with van der Waals surface area (Å²) in [7, 11) is 3.03. The number of rotatable bonds is 6. The first-order valence-corrected chi connectivity index (χ1v) is 10.4. The second-order valence-corrected chi connectivity index (χ2v) is 8.92. The standard InChI is InChI=1S/C22H29N5O5/c1-22(2,3)19(21(31)26-11-14(28)10-17(26)20(30)23-4)27-12-16(24-25-27)18(29)13-6-8-15(32-5)9-7-13/h6-9,12,14,17,19,28H,10-11H2,1-5H3,(H,23,30)/t14?,17-,19?/m1/s1. The highest BCUT2D eigenvalue weighted by Gasteiger charge is 2.45. The zero-order chi connectivity index (χ0) is 23.6. The molecule has 1 aromatic heterocycles. The van der Waals surface area contributed by atoms with E-state index in [1.54, 1.807) is 31.4 Å². The summed E-state index contributed by atoms with van der Waals surface area (Å²) in [4.78, 5) is 40.0. The molecular formula is C22H29N5O5. The number of methoxy groups -OCH3 is 1. The Hall–Kier alpha value is -3.27. The molecule has 0 saturated carbocycles. The molecule has 2 aromatic rings. The number of likely N-dealkylation sites (N-methyl/N-ethyl adjacent to an activating group) is 1. The van der Waals surface area contributed by atoms with Crippen LogP contribution in [0.5, 0.6) is 5.75 Å². The van der Waals surface area contributed by atoms with Crippen LogP contribution in [0.25, 0.3) is 0 Å². The van der Waals surface area contributed by atoms with Gasteiger partial charge in [-0.15, -0.1) is 5.10 Å². The van der Waals surface area contributed by atoms with Crippen LogP contribution in [0.4, 0.5) is 0 Å². The number of benzene rings is 1. The van der Waals surface area contributed by atoms with Crippen LogP contribution in [0.2, 0.25) is 0 Å². The lowest BCUT2D eigenvalue weighted by Crippen LogP contribution is -2.49. The number of hydrogen-bond donors (Lipinski definition) is 2. The first kappa shape index (κ1) is 23.4. The maximum Gasteiger partial charge on any atom is 0.248 e. The van der Waals surface area contributed by atoms with Gasteiger partial charge in [0.05, 0.1) is 19.4 Å². The van der Waals surface area contributed by atoms with E-state index >= 15 is 0 Å². The van der Waals surface area contributed by atoms with E-state index in [-0.39, 0.29) is 36.3 Å². The summed E-state index contributed by atoms with van der Waals surface area (Å²) in [6, 6.07) is 5.02. The normalized spacial score (nSPS) is 19.5. The largest absolute Gasteiger partial charge is 0.497 e. The van der Waals surface area contributed by atoms with Gasteiger partial charge in [0.2, 0.25) is 17.6 Å². The van der Waals surface area contributed by atoms with Gasteiger partial charge in [-0.3, -0.25) is 14.4 Å². The highest BCUT2D eigenvalue weighted by atomic mass is 16.5. The van der Waals surface area contributed by atoms with Gasteiger partial charge in [-0.25, -0.2) is 4.68 Å². The van der Waals surface area contributed by atoms with Gasteiger partial charge in [-0.1, -0.05) is 26.0 Å². The van der Waals surface area contributed by atoms with E-state index in [0.717, 1.165) is 0 Å². The Labute approximate surface area is 186 Å². The Morgan fingerprint density at radius 3 is 2.44 bits per heavy atom. The fourth-order valence-electron chi connectivity index (χ4n) is 3.91. The second-order valence-electron chi connectivity index (χ2n) is 8.92. The van der Waals surface area contributed by atoms with Crippen LogP contribution < -0.4 is 10.1 Å². The summed E-state index contributed by atoms with van der Waals surface area (Å²) < 4.78 is 6.48. The number of amides is 2. The number of β-amino-alcohol motifs (C(OH)–C–C–N with tert-alkyl or cyclic N) is 1. The molecule has 2 amide bonds. The van der Waals surface area contributed by atoms with Crippen molar-refractivity contribution in [3.8, 4) is 5.75 Å². The van der Waals surface area contributed by atoms with Gasteiger partial charge >= 0.3 is 0 Å². The van der Waals surface area contributed by atoms with Crippen LogP contribution >= 0.6 is 0 Å². The molecule has 2 heterocycles. The Balaban J connectivity index is 1.90. The number of ketones is 1. The molecule has 0 bridgehead atoms. The zero-order valence-electron chi connectivity index (χ0n) is 18.9. The monoisotopic (exact) mass is 443 g/mol. The highest BCUT2D eigenvalue weighted by molar-refractivity contribution is 6.07. The average Bonchev–Trinajstić information content (AvgIpc) is 3.38. The van der Waals surface area contributed by atoms with Crippen molar-refractivity contribution in [2.45, 2.75) is 45.4 Å². The summed E-state index contributed by atoms with van der Waals surface area (Å²) in [6.07, 6.45) is 0.827. The Morgan fingerprint density at radius 1 is 1.22 bits per heavy atom. The van der Waals surface area contributed by atoms with Crippen molar-refractivity contribution in [3.05, 3.63) is 41.7 Å². The fraction of sp³-hybridized carbons (Fsp3) is 0.500. The number of nitrogens with zero attached hydrogens (tertiary/aromatic N) is 4. The molecule has 0 spiro atoms. The zero-order valence-corrected chi connectivity index (χ0v) is 18.9. The Bertz CT molecular complexity index is 995. The van der Waals surface area contributed by atoms with E-state index in [0.29, 0.717) is 11.3 Å². The number of ether oxygens (including phenoxy) is 1. The summed E-state index contributed by atoms with van der Waals surface area (Å²) in [5.41, 5.74) is -0.0909. The van der Waals surface area contributed by atoms with Gasteiger partial charge < -0.3 is 20.1 Å². The number of aliphatic hydroxyl groups is 1. The summed E-state index contributed by atoms with van der Waals surface area (Å²) in [5.74, 6) is -0.409. The maximum absolute atomic E-state index is 13.5. The van der Waals surface area contributed by atoms with Crippen LogP contribution in [-0.2, 0) is 9.59 Å². The SMILES string of the molecule is CNC(=O)[C@H]1CC(O)CN1C(=O)C(n1cc(C(=O)c2ccc(OC)cc2)nn1)C(C)(C)C. The predicted octanol–water partition coefficient (Wildman–Crippen LogP) is 0.813. The molecular weight excluding hydrogens is 414 g/mol. The number of hydrogen-bond acceptors (Lipinski definition) is 7. The van der Waals surface area contributed by atoms with E-state index in [1.807, 2.05) is 20.8 Å². The summed E-state index contributed by atoms with van der Waals surface area (Å²) in [5, 5.41) is 20.7. The first-order chi connectivity index (χ1) is 15.1. The minimum atomic E-state index is -0.829. The van der Waals surface area contributed by atoms with Crippen LogP contribution in [0.1, 0.15) is 49.3 Å². The molecule has 1 aromatic carbocycles. The summed E-state index contributed by atoms with van der Waals surface area (Å²) >= 11 is 0. The van der Waals surface area contributed by atoms with Crippen molar-refractivity contribution in [2.24, 2.45) is 5.41 Å². The highest BCUT2D eigenvalue weighted by Crippen LogP contribution is 2.34. The minimum absolute atomic E-state index is 0.0514. The van der Waals surface area contributed by atoms with E-state index in [4.69, 9.17) is 4.74 Å². The third-order valence-electron chi connectivity index (χ3n) is 5.53. The van der Waals surface area contributed by atoms with E-state index in [9.17, 15) is 19.5 Å². The molecule has 1 aliphatic rings. The lowest BCUT2D eigenvalue weighted by Gasteiger charge is -2.34. The number of likely N-dealkylation sites (tertiary alicyclic amines) is 1. The number of carbonyl (C=O) groups excluding carboxylic acids is 3. The van der Waals surface area contributed by atoms with Crippen molar-refractivity contribution < 1.29 is 24.2 Å². The van der Waals surface area contributed by atoms with E-state index in [2.05, 4.69) is 15.6 Å². The molecule has 3 rings (SSSR count). The lowest BCUT2D eigenvalue weighted by molar-refractivity contribution is -0.144. The maximum atomic E-state index is 13.5. The van der Waals surface area contributed by atoms with Crippen molar-refractivity contribution in [3.63, 3.8) is 0 Å². The molecule has 3 atom stereocenters. The Kier molecular flexibility index (Phi) is 6.63. The third kappa shape index (κ3) is 4.64. The van der Waals surface area contributed by atoms with Crippen LogP contribution in [0.15, 0.2) is 30.5 Å². The quantitative estimate of drug-likeness (QED) is 0.633. The fourth-order valence-corrected chi connectivity index (χ4v) is 3.91. The van der Waals surface area contributed by atoms with Crippen molar-refractivity contribution in [2.75, 3.05) is 20.7 Å². The topological polar surface area (TPSA) is 127 Å². The van der Waals surface area contributed by atoms with Gasteiger partial charge in [0, 0.05) is 25.6 Å². The summed E-state index contributed by atoms with van der Waals surface area (Å²) in [6.45, 7) is 5.65. The van der Waals surface area contributed by atoms with Crippen molar-refractivity contribution in [1.82, 2.24) is 25.2 Å². The molecule has 0 aliphatic carbocycles. The average molecular weight is 444 g/mol. The molecule has 32 heavy (non-hydrogen) atoms. The van der Waals surface area contributed by atoms with Crippen LogP contribution in [0.3, 0.4) is 0 Å². The molecule has 1 saturated heterocycles. The lowest BCUT2D eigenvalue weighted by atomic mass is 9.85. The molecule has 10 heteroatoms. The predicted molar refractivity (Wildman–Crippen MR) is 115 cm³/mol. The molecule has 2 N–H and O–H groups in total. The molecule has 1 aliphatic heterocycles. The smallest absolute Gasteiger partial charge is 0.248 e. The van der Waals surface area contributed by atoms with Gasteiger partial charge in [-0.05, 0) is 29.7 Å². The van der Waals surface area contributed by atoms with Crippen LogP contribution in [-0.4, -0.2) is 75.4 Å². The molecule has 10 nitrogen and oxygen atoms in total. The number of aliphatic hydroxyl groups excluding tert-OH is 1.